The molecule has 0 radical (unpaired) electrons. The van der Waals surface area contributed by atoms with E-state index >= 15 is 0 Å². The Morgan fingerprint density at radius 1 is 1.03 bits per heavy atom. The van der Waals surface area contributed by atoms with Crippen molar-refractivity contribution in [3.63, 3.8) is 0 Å². The molecular formula is C28H29FN4O3S. The second-order valence-corrected chi connectivity index (χ2v) is 10.0. The first-order chi connectivity index (χ1) is 18.1. The van der Waals surface area contributed by atoms with Crippen molar-refractivity contribution in [2.24, 2.45) is 5.10 Å². The lowest BCUT2D eigenvalue weighted by Crippen LogP contribution is -2.46. The molecule has 37 heavy (non-hydrogen) atoms. The number of nitrogens with zero attached hydrogens (tertiary/aromatic N) is 4. The summed E-state index contributed by atoms with van der Waals surface area (Å²) >= 11 is 1.36. The normalized spacial score (nSPS) is 18.0. The van der Waals surface area contributed by atoms with Crippen LogP contribution in [0.3, 0.4) is 0 Å². The van der Waals surface area contributed by atoms with E-state index in [1.165, 1.54) is 22.4 Å². The standard InChI is InChI=1S/C28H29FN4O3S/c29-23-10-5-4-9-22(23)24-19-25(21-7-2-1-3-8-21)33(30-24)27(34)20-32(28(35)26-11-6-18-37-26)13-12-31-14-16-36-17-15-31/h1-11,18,25H,12-17,19-20H2/t25-/m1/s1. The summed E-state index contributed by atoms with van der Waals surface area (Å²) in [6, 6.07) is 19.3. The largest absolute Gasteiger partial charge is 0.379 e. The van der Waals surface area contributed by atoms with Gasteiger partial charge in [-0.1, -0.05) is 54.6 Å². The topological polar surface area (TPSA) is 65.5 Å². The minimum absolute atomic E-state index is 0.113. The van der Waals surface area contributed by atoms with Crippen molar-refractivity contribution in [2.75, 3.05) is 45.9 Å². The number of rotatable bonds is 8. The van der Waals surface area contributed by atoms with Gasteiger partial charge in [-0.2, -0.15) is 5.10 Å². The van der Waals surface area contributed by atoms with E-state index in [2.05, 4.69) is 10.0 Å². The third-order valence-electron chi connectivity index (χ3n) is 6.67. The fourth-order valence-electron chi connectivity index (χ4n) is 4.66. The van der Waals surface area contributed by atoms with Gasteiger partial charge in [0.15, 0.2) is 0 Å². The van der Waals surface area contributed by atoms with Crippen LogP contribution >= 0.6 is 11.3 Å². The second-order valence-electron chi connectivity index (χ2n) is 9.05. The molecule has 7 nitrogen and oxygen atoms in total. The van der Waals surface area contributed by atoms with Crippen LogP contribution in [-0.4, -0.2) is 78.3 Å². The van der Waals surface area contributed by atoms with Crippen LogP contribution in [0.25, 0.3) is 0 Å². The predicted octanol–water partition coefficient (Wildman–Crippen LogP) is 4.04. The highest BCUT2D eigenvalue weighted by molar-refractivity contribution is 7.12. The fourth-order valence-corrected chi connectivity index (χ4v) is 5.35. The first-order valence-corrected chi connectivity index (χ1v) is 13.3. The molecule has 0 N–H and O–H groups in total. The summed E-state index contributed by atoms with van der Waals surface area (Å²) in [7, 11) is 0. The summed E-state index contributed by atoms with van der Waals surface area (Å²) in [5.74, 6) is -0.847. The van der Waals surface area contributed by atoms with Crippen molar-refractivity contribution in [3.8, 4) is 0 Å². The summed E-state index contributed by atoms with van der Waals surface area (Å²) in [6.45, 7) is 3.88. The predicted molar refractivity (Wildman–Crippen MR) is 141 cm³/mol. The van der Waals surface area contributed by atoms with Crippen LogP contribution in [0.2, 0.25) is 0 Å². The number of hydrogen-bond acceptors (Lipinski definition) is 6. The van der Waals surface area contributed by atoms with Gasteiger partial charge in [0.1, 0.15) is 12.4 Å². The Labute approximate surface area is 219 Å². The number of hydrogen-bond donors (Lipinski definition) is 0. The summed E-state index contributed by atoms with van der Waals surface area (Å²) in [5, 5.41) is 7.88. The number of halogens is 1. The Morgan fingerprint density at radius 3 is 2.51 bits per heavy atom. The minimum atomic E-state index is -0.374. The van der Waals surface area contributed by atoms with Crippen molar-refractivity contribution in [3.05, 3.63) is 93.9 Å². The van der Waals surface area contributed by atoms with E-state index in [1.807, 2.05) is 41.8 Å². The molecule has 2 aliphatic rings. The Bertz CT molecular complexity index is 1250. The Kier molecular flexibility index (Phi) is 8.03. The molecule has 3 aromatic rings. The summed E-state index contributed by atoms with van der Waals surface area (Å²) in [6.07, 6.45) is 0.392. The van der Waals surface area contributed by atoms with Gasteiger partial charge in [0.2, 0.25) is 0 Å². The first kappa shape index (κ1) is 25.3. The van der Waals surface area contributed by atoms with E-state index in [1.54, 1.807) is 29.2 Å². The van der Waals surface area contributed by atoms with E-state index in [4.69, 9.17) is 4.74 Å². The number of morpholine rings is 1. The molecule has 0 aliphatic carbocycles. The third-order valence-corrected chi connectivity index (χ3v) is 7.53. The Morgan fingerprint density at radius 2 is 1.78 bits per heavy atom. The fraction of sp³-hybridized carbons (Fsp3) is 0.321. The van der Waals surface area contributed by atoms with Crippen LogP contribution in [0.4, 0.5) is 4.39 Å². The van der Waals surface area contributed by atoms with Crippen molar-refractivity contribution < 1.29 is 18.7 Å². The lowest BCUT2D eigenvalue weighted by atomic mass is 9.98. The van der Waals surface area contributed by atoms with Crippen LogP contribution in [0.5, 0.6) is 0 Å². The van der Waals surface area contributed by atoms with E-state index in [-0.39, 0.29) is 30.2 Å². The van der Waals surface area contributed by atoms with Crippen LogP contribution in [-0.2, 0) is 9.53 Å². The molecule has 2 aliphatic heterocycles. The van der Waals surface area contributed by atoms with Crippen LogP contribution in [0, 0.1) is 5.82 Å². The van der Waals surface area contributed by atoms with Crippen LogP contribution < -0.4 is 0 Å². The maximum absolute atomic E-state index is 14.6. The molecule has 0 saturated carbocycles. The molecule has 9 heteroatoms. The molecule has 1 fully saturated rings. The van der Waals surface area contributed by atoms with E-state index < -0.39 is 0 Å². The molecule has 2 aromatic carbocycles. The highest BCUT2D eigenvalue weighted by Crippen LogP contribution is 2.33. The summed E-state index contributed by atoms with van der Waals surface area (Å²) in [4.78, 5) is 31.5. The number of ether oxygens (including phenoxy) is 1. The lowest BCUT2D eigenvalue weighted by molar-refractivity contribution is -0.133. The maximum Gasteiger partial charge on any atom is 0.264 e. The first-order valence-electron chi connectivity index (χ1n) is 12.4. The number of amides is 2. The van der Waals surface area contributed by atoms with Gasteiger partial charge in [-0.3, -0.25) is 14.5 Å². The highest BCUT2D eigenvalue weighted by atomic mass is 32.1. The van der Waals surface area contributed by atoms with Gasteiger partial charge in [0.05, 0.1) is 29.8 Å². The van der Waals surface area contributed by atoms with Gasteiger partial charge in [-0.15, -0.1) is 11.3 Å². The number of thiophene rings is 1. The van der Waals surface area contributed by atoms with Crippen molar-refractivity contribution >= 4 is 28.9 Å². The molecule has 5 rings (SSSR count). The van der Waals surface area contributed by atoms with Gasteiger partial charge >= 0.3 is 0 Å². The van der Waals surface area contributed by atoms with Gasteiger partial charge in [-0.25, -0.2) is 9.40 Å². The van der Waals surface area contributed by atoms with E-state index in [0.29, 0.717) is 48.9 Å². The van der Waals surface area contributed by atoms with Gasteiger partial charge in [0.25, 0.3) is 11.8 Å². The molecule has 3 heterocycles. The lowest BCUT2D eigenvalue weighted by Gasteiger charge is -2.31. The molecule has 1 saturated heterocycles. The maximum atomic E-state index is 14.6. The zero-order valence-electron chi connectivity index (χ0n) is 20.5. The second kappa shape index (κ2) is 11.8. The number of carbonyl (C=O) groups excluding carboxylic acids is 2. The summed E-state index contributed by atoms with van der Waals surface area (Å²) < 4.78 is 20.0. The quantitative estimate of drug-likeness (QED) is 0.450. The Balaban J connectivity index is 1.39. The van der Waals surface area contributed by atoms with Crippen molar-refractivity contribution in [1.29, 1.82) is 0 Å². The van der Waals surface area contributed by atoms with E-state index in [9.17, 15) is 14.0 Å². The van der Waals surface area contributed by atoms with E-state index in [0.717, 1.165) is 18.7 Å². The SMILES string of the molecule is O=C(c1cccs1)N(CCN1CCOCC1)CC(=O)N1N=C(c2ccccc2F)C[C@@H]1c1ccccc1. The number of benzene rings is 2. The minimum Gasteiger partial charge on any atom is -0.379 e. The average molecular weight is 521 g/mol. The van der Waals surface area contributed by atoms with Gasteiger partial charge in [0, 0.05) is 38.2 Å². The van der Waals surface area contributed by atoms with Crippen LogP contribution in [0.1, 0.15) is 33.3 Å². The molecule has 192 valence electrons. The Hall–Kier alpha value is -3.40. The zero-order chi connectivity index (χ0) is 25.6. The molecule has 0 spiro atoms. The average Bonchev–Trinajstić information content (AvgIpc) is 3.63. The molecule has 0 bridgehead atoms. The number of carbonyl (C=O) groups is 2. The van der Waals surface area contributed by atoms with Crippen LogP contribution in [0.15, 0.2) is 77.2 Å². The number of hydrazone groups is 1. The molecular weight excluding hydrogens is 491 g/mol. The van der Waals surface area contributed by atoms with Crippen molar-refractivity contribution in [1.82, 2.24) is 14.8 Å². The molecule has 0 unspecified atom stereocenters. The summed E-state index contributed by atoms with van der Waals surface area (Å²) in [5.41, 5.74) is 1.82. The smallest absolute Gasteiger partial charge is 0.264 e. The third kappa shape index (κ3) is 5.95. The van der Waals surface area contributed by atoms with Gasteiger partial charge in [-0.05, 0) is 23.1 Å². The monoisotopic (exact) mass is 520 g/mol. The van der Waals surface area contributed by atoms with Crippen molar-refractivity contribution in [2.45, 2.75) is 12.5 Å². The molecule has 1 aromatic heterocycles. The molecule has 2 amide bonds. The van der Waals surface area contributed by atoms with Gasteiger partial charge < -0.3 is 9.64 Å². The zero-order valence-corrected chi connectivity index (χ0v) is 21.3. The molecule has 1 atom stereocenters. The highest BCUT2D eigenvalue weighted by Gasteiger charge is 2.35.